The molecule has 0 saturated carbocycles. The van der Waals surface area contributed by atoms with Crippen molar-refractivity contribution in [2.75, 3.05) is 0 Å². The zero-order chi connectivity index (χ0) is 14.1. The van der Waals surface area contributed by atoms with E-state index in [9.17, 15) is 0 Å². The van der Waals surface area contributed by atoms with E-state index >= 15 is 0 Å². The number of fused-ring (bicyclic) bond motifs is 2. The first kappa shape index (κ1) is 12.4. The van der Waals surface area contributed by atoms with Gasteiger partial charge in [0.05, 0.1) is 0 Å². The summed E-state index contributed by atoms with van der Waals surface area (Å²) in [5, 5.41) is 0. The van der Waals surface area contributed by atoms with Crippen molar-refractivity contribution < 1.29 is 0 Å². The molecule has 0 aromatic heterocycles. The maximum Gasteiger partial charge on any atom is 0.0139 e. The first-order chi connectivity index (χ1) is 10.4. The molecule has 0 nitrogen and oxygen atoms in total. The Balaban J connectivity index is 1.92. The topological polar surface area (TPSA) is 0 Å². The molecule has 0 aromatic carbocycles. The average Bonchev–Trinajstić information content (AvgIpc) is 2.82. The van der Waals surface area contributed by atoms with E-state index in [-0.39, 0.29) is 0 Å². The van der Waals surface area contributed by atoms with Crippen molar-refractivity contribution in [3.05, 3.63) is 107 Å². The van der Waals surface area contributed by atoms with Crippen LogP contribution in [-0.4, -0.2) is 0 Å². The number of allylic oxidation sites excluding steroid dienone is 18. The van der Waals surface area contributed by atoms with Crippen molar-refractivity contribution in [1.82, 2.24) is 0 Å². The molecule has 0 radical (unpaired) electrons. The lowest BCUT2D eigenvalue weighted by atomic mass is 9.82. The SMILES string of the molecule is C1=CCC2=C(/C=C\C=C/1)C1CC=C/C3=C/C=C\C=C/C2=C31. The van der Waals surface area contributed by atoms with E-state index in [1.54, 1.807) is 0 Å². The second-order valence-electron chi connectivity index (χ2n) is 5.69. The largest absolute Gasteiger partial charge is 0.0830 e. The van der Waals surface area contributed by atoms with Gasteiger partial charge in [-0.25, -0.2) is 0 Å². The molecule has 0 saturated heterocycles. The fraction of sp³-hybridized carbons (Fsp3) is 0.143. The Kier molecular flexibility index (Phi) is 3.08. The number of hydrogen-bond acceptors (Lipinski definition) is 0. The van der Waals surface area contributed by atoms with E-state index in [1.165, 1.54) is 27.9 Å². The van der Waals surface area contributed by atoms with Crippen molar-refractivity contribution >= 4 is 0 Å². The molecule has 1 atom stereocenters. The van der Waals surface area contributed by atoms with Gasteiger partial charge in [-0.3, -0.25) is 0 Å². The predicted molar refractivity (Wildman–Crippen MR) is 89.7 cm³/mol. The van der Waals surface area contributed by atoms with E-state index < -0.39 is 0 Å². The standard InChI is InChI=1S/C21H18/c1-2-6-12-17-18(13-7-3-1)20-15-9-11-16-10-5-4-8-14-19(17)21(16)20/h1-11,13-14,20H,12,15H2/b3-1-,5-4-,6-2?,8-4?,10-5?,13-7-,14-8-,16-10-,19-14?. The van der Waals surface area contributed by atoms with Crippen molar-refractivity contribution in [2.24, 2.45) is 5.92 Å². The van der Waals surface area contributed by atoms with Crippen LogP contribution in [0.2, 0.25) is 0 Å². The Morgan fingerprint density at radius 2 is 1.62 bits per heavy atom. The molecule has 0 fully saturated rings. The monoisotopic (exact) mass is 270 g/mol. The summed E-state index contributed by atoms with van der Waals surface area (Å²) in [4.78, 5) is 0. The third kappa shape index (κ3) is 2.08. The van der Waals surface area contributed by atoms with E-state index in [0.717, 1.165) is 12.8 Å². The minimum atomic E-state index is 0.526. The Hall–Kier alpha value is -2.34. The van der Waals surface area contributed by atoms with Gasteiger partial charge in [0.15, 0.2) is 0 Å². The van der Waals surface area contributed by atoms with Crippen LogP contribution in [0.3, 0.4) is 0 Å². The van der Waals surface area contributed by atoms with E-state index in [4.69, 9.17) is 0 Å². The second kappa shape index (κ2) is 5.21. The molecule has 0 aliphatic heterocycles. The molecule has 21 heavy (non-hydrogen) atoms. The van der Waals surface area contributed by atoms with Crippen molar-refractivity contribution in [1.29, 1.82) is 0 Å². The summed E-state index contributed by atoms with van der Waals surface area (Å²) in [5.41, 5.74) is 7.32. The van der Waals surface area contributed by atoms with E-state index in [1.807, 2.05) is 0 Å². The molecule has 0 heterocycles. The summed E-state index contributed by atoms with van der Waals surface area (Å²) in [6.07, 6.45) is 30.8. The summed E-state index contributed by atoms with van der Waals surface area (Å²) < 4.78 is 0. The minimum Gasteiger partial charge on any atom is -0.0830 e. The predicted octanol–water partition coefficient (Wildman–Crippen LogP) is 5.29. The van der Waals surface area contributed by atoms with Crippen LogP contribution in [0.1, 0.15) is 12.8 Å². The van der Waals surface area contributed by atoms with Gasteiger partial charge in [-0.15, -0.1) is 0 Å². The summed E-state index contributed by atoms with van der Waals surface area (Å²) in [5.74, 6) is 0.526. The molecule has 102 valence electrons. The first-order valence-corrected chi connectivity index (χ1v) is 7.64. The average molecular weight is 270 g/mol. The molecule has 0 heteroatoms. The zero-order valence-corrected chi connectivity index (χ0v) is 12.0. The second-order valence-corrected chi connectivity index (χ2v) is 5.69. The van der Waals surface area contributed by atoms with Crippen LogP contribution in [0.25, 0.3) is 0 Å². The van der Waals surface area contributed by atoms with Gasteiger partial charge in [-0.1, -0.05) is 79.0 Å². The lowest BCUT2D eigenvalue weighted by Gasteiger charge is -2.22. The Morgan fingerprint density at radius 1 is 0.762 bits per heavy atom. The third-order valence-corrected chi connectivity index (χ3v) is 4.50. The maximum atomic E-state index is 2.32. The molecular weight excluding hydrogens is 252 g/mol. The van der Waals surface area contributed by atoms with Gasteiger partial charge in [0, 0.05) is 5.92 Å². The molecule has 0 bridgehead atoms. The van der Waals surface area contributed by atoms with Crippen molar-refractivity contribution in [2.45, 2.75) is 12.8 Å². The smallest absolute Gasteiger partial charge is 0.0139 e. The van der Waals surface area contributed by atoms with Crippen molar-refractivity contribution in [3.63, 3.8) is 0 Å². The quantitative estimate of drug-likeness (QED) is 0.560. The Labute approximate surface area is 126 Å². The molecule has 0 amide bonds. The van der Waals surface area contributed by atoms with Crippen LogP contribution >= 0.6 is 0 Å². The van der Waals surface area contributed by atoms with Crippen LogP contribution < -0.4 is 0 Å². The van der Waals surface area contributed by atoms with Crippen LogP contribution in [0, 0.1) is 5.92 Å². The minimum absolute atomic E-state index is 0.526. The van der Waals surface area contributed by atoms with Gasteiger partial charge >= 0.3 is 0 Å². The number of rotatable bonds is 0. The summed E-state index contributed by atoms with van der Waals surface area (Å²) in [7, 11) is 0. The lowest BCUT2D eigenvalue weighted by Crippen LogP contribution is -2.08. The molecule has 4 aliphatic carbocycles. The van der Waals surface area contributed by atoms with Gasteiger partial charge in [-0.05, 0) is 40.7 Å². The molecular formula is C21H18. The molecule has 0 spiro atoms. The van der Waals surface area contributed by atoms with Gasteiger partial charge < -0.3 is 0 Å². The van der Waals surface area contributed by atoms with Crippen LogP contribution in [0.15, 0.2) is 107 Å². The third-order valence-electron chi connectivity index (χ3n) is 4.50. The lowest BCUT2D eigenvalue weighted by molar-refractivity contribution is 0.750. The fourth-order valence-corrected chi connectivity index (χ4v) is 3.60. The van der Waals surface area contributed by atoms with Crippen molar-refractivity contribution in [3.8, 4) is 0 Å². The first-order valence-electron chi connectivity index (χ1n) is 7.64. The molecule has 1 unspecified atom stereocenters. The van der Waals surface area contributed by atoms with Gasteiger partial charge in [-0.2, -0.15) is 0 Å². The van der Waals surface area contributed by atoms with Crippen LogP contribution in [0.4, 0.5) is 0 Å². The highest BCUT2D eigenvalue weighted by Crippen LogP contribution is 2.48. The van der Waals surface area contributed by atoms with Crippen LogP contribution in [-0.2, 0) is 0 Å². The highest BCUT2D eigenvalue weighted by Gasteiger charge is 2.33. The summed E-state index contributed by atoms with van der Waals surface area (Å²) >= 11 is 0. The normalized spacial score (nSPS) is 34.5. The molecule has 4 rings (SSSR count). The van der Waals surface area contributed by atoms with Gasteiger partial charge in [0.2, 0.25) is 0 Å². The molecule has 4 aliphatic rings. The van der Waals surface area contributed by atoms with E-state index in [0.29, 0.717) is 5.92 Å². The maximum absolute atomic E-state index is 2.32. The summed E-state index contributed by atoms with van der Waals surface area (Å²) in [6.45, 7) is 0. The van der Waals surface area contributed by atoms with Gasteiger partial charge in [0.1, 0.15) is 0 Å². The molecule has 0 aromatic rings. The molecule has 0 N–H and O–H groups in total. The summed E-state index contributed by atoms with van der Waals surface area (Å²) in [6, 6.07) is 0. The van der Waals surface area contributed by atoms with E-state index in [2.05, 4.69) is 79.0 Å². The van der Waals surface area contributed by atoms with Crippen LogP contribution in [0.5, 0.6) is 0 Å². The van der Waals surface area contributed by atoms with Gasteiger partial charge in [0.25, 0.3) is 0 Å². The number of hydrogen-bond donors (Lipinski definition) is 0. The Morgan fingerprint density at radius 3 is 2.62 bits per heavy atom. The highest BCUT2D eigenvalue weighted by atomic mass is 14.4. The zero-order valence-electron chi connectivity index (χ0n) is 12.0. The Bertz CT molecular complexity index is 737. The highest BCUT2D eigenvalue weighted by molar-refractivity contribution is 5.68. The fourth-order valence-electron chi connectivity index (χ4n) is 3.60.